The van der Waals surface area contributed by atoms with E-state index < -0.39 is 0 Å². The Labute approximate surface area is 108 Å². The summed E-state index contributed by atoms with van der Waals surface area (Å²) < 4.78 is 0. The van der Waals surface area contributed by atoms with E-state index in [9.17, 15) is 0 Å². The van der Waals surface area contributed by atoms with Gasteiger partial charge in [-0.2, -0.15) is 0 Å². The maximum Gasteiger partial charge on any atom is 2.00 e. The molecule has 12 heavy (non-hydrogen) atoms. The van der Waals surface area contributed by atoms with Crippen LogP contribution >= 0.6 is 7.92 Å². The van der Waals surface area contributed by atoms with Gasteiger partial charge in [-0.25, -0.2) is 0 Å². The number of hydrogen-bond donors (Lipinski definition) is 0. The van der Waals surface area contributed by atoms with Crippen LogP contribution in [-0.2, 0) is 42.1 Å². The van der Waals surface area contributed by atoms with Crippen molar-refractivity contribution in [2.75, 3.05) is 18.5 Å². The largest absolute Gasteiger partial charge is 2.00 e. The van der Waals surface area contributed by atoms with Crippen molar-refractivity contribution in [3.63, 3.8) is 0 Å². The summed E-state index contributed by atoms with van der Waals surface area (Å²) in [5.41, 5.74) is 0. The standard InChI is InChI=1S/C9H21P.2Pt/c1-4-7-10(8-5-2)9-6-3;;/h4-9H2,1-3H3;;/q;2*+2. The third kappa shape index (κ3) is 11.8. The fourth-order valence-corrected chi connectivity index (χ4v) is 3.85. The molecule has 0 nitrogen and oxygen atoms in total. The summed E-state index contributed by atoms with van der Waals surface area (Å²) in [7, 11) is 0.439. The Hall–Kier alpha value is 1.81. The van der Waals surface area contributed by atoms with Gasteiger partial charge in [0.05, 0.1) is 0 Å². The van der Waals surface area contributed by atoms with E-state index in [1.165, 1.54) is 37.7 Å². The van der Waals surface area contributed by atoms with Gasteiger partial charge < -0.3 is 0 Å². The summed E-state index contributed by atoms with van der Waals surface area (Å²) in [5, 5.41) is 0. The molecular formula is C9H21PPt2+4. The molecule has 78 valence electrons. The quantitative estimate of drug-likeness (QED) is 0.443. The van der Waals surface area contributed by atoms with Crippen LogP contribution in [0.4, 0.5) is 0 Å². The molecule has 0 aromatic heterocycles. The minimum atomic E-state index is 0. The van der Waals surface area contributed by atoms with Gasteiger partial charge in [-0.15, -0.1) is 7.92 Å². The Morgan fingerprint density at radius 2 is 0.917 bits per heavy atom. The molecule has 0 aromatic rings. The molecular weight excluding hydrogens is 529 g/mol. The van der Waals surface area contributed by atoms with Crippen LogP contribution in [0.5, 0.6) is 0 Å². The first-order valence-corrected chi connectivity index (χ1v) is 6.47. The third-order valence-electron chi connectivity index (χ3n) is 1.62. The molecule has 0 saturated carbocycles. The van der Waals surface area contributed by atoms with E-state index in [1.54, 1.807) is 0 Å². The molecule has 0 spiro atoms. The molecule has 0 aromatic carbocycles. The van der Waals surface area contributed by atoms with Crippen molar-refractivity contribution < 1.29 is 42.1 Å². The van der Waals surface area contributed by atoms with Gasteiger partial charge in [-0.1, -0.05) is 40.0 Å². The van der Waals surface area contributed by atoms with Gasteiger partial charge >= 0.3 is 42.1 Å². The van der Waals surface area contributed by atoms with Crippen molar-refractivity contribution in [2.24, 2.45) is 0 Å². The van der Waals surface area contributed by atoms with Crippen LogP contribution in [0.2, 0.25) is 0 Å². The predicted molar refractivity (Wildman–Crippen MR) is 52.4 cm³/mol. The molecule has 0 aliphatic heterocycles. The van der Waals surface area contributed by atoms with Gasteiger partial charge in [-0.05, 0) is 18.5 Å². The molecule has 0 saturated heterocycles. The van der Waals surface area contributed by atoms with E-state index >= 15 is 0 Å². The SMILES string of the molecule is CCCP(CCC)CCC.[Pt+2].[Pt+2]. The summed E-state index contributed by atoms with van der Waals surface area (Å²) >= 11 is 0. The van der Waals surface area contributed by atoms with Gasteiger partial charge in [-0.3, -0.25) is 0 Å². The average molecular weight is 550 g/mol. The van der Waals surface area contributed by atoms with Crippen LogP contribution in [0.3, 0.4) is 0 Å². The Morgan fingerprint density at radius 1 is 0.667 bits per heavy atom. The van der Waals surface area contributed by atoms with E-state index in [1.807, 2.05) is 0 Å². The molecule has 0 atom stereocenters. The van der Waals surface area contributed by atoms with Gasteiger partial charge in [0.1, 0.15) is 0 Å². The van der Waals surface area contributed by atoms with Gasteiger partial charge in [0.15, 0.2) is 0 Å². The van der Waals surface area contributed by atoms with Gasteiger partial charge in [0, 0.05) is 0 Å². The maximum absolute atomic E-state index is 2.31. The molecule has 0 unspecified atom stereocenters. The maximum atomic E-state index is 2.31. The molecule has 0 aliphatic carbocycles. The third-order valence-corrected chi connectivity index (χ3v) is 4.86. The summed E-state index contributed by atoms with van der Waals surface area (Å²) in [6, 6.07) is 0. The van der Waals surface area contributed by atoms with E-state index in [2.05, 4.69) is 20.8 Å². The van der Waals surface area contributed by atoms with Crippen LogP contribution in [0.1, 0.15) is 40.0 Å². The molecule has 0 amide bonds. The van der Waals surface area contributed by atoms with Crippen molar-refractivity contribution in [1.82, 2.24) is 0 Å². The van der Waals surface area contributed by atoms with Crippen molar-refractivity contribution >= 4 is 7.92 Å². The van der Waals surface area contributed by atoms with Crippen LogP contribution in [0.15, 0.2) is 0 Å². The molecule has 0 heterocycles. The molecule has 0 radical (unpaired) electrons. The number of hydrogen-bond acceptors (Lipinski definition) is 0. The normalized spacial score (nSPS) is 9.00. The van der Waals surface area contributed by atoms with Crippen molar-refractivity contribution in [3.05, 3.63) is 0 Å². The fourth-order valence-electron chi connectivity index (χ4n) is 1.28. The van der Waals surface area contributed by atoms with Gasteiger partial charge in [0.2, 0.25) is 0 Å². The van der Waals surface area contributed by atoms with Gasteiger partial charge in [0.25, 0.3) is 0 Å². The first-order chi connectivity index (χ1) is 4.85. The molecule has 0 N–H and O–H groups in total. The Morgan fingerprint density at radius 3 is 1.08 bits per heavy atom. The second-order valence-corrected chi connectivity index (χ2v) is 5.52. The topological polar surface area (TPSA) is 0 Å². The summed E-state index contributed by atoms with van der Waals surface area (Å²) in [5.74, 6) is 0. The summed E-state index contributed by atoms with van der Waals surface area (Å²) in [6.07, 6.45) is 8.72. The molecule has 0 aliphatic rings. The zero-order chi connectivity index (χ0) is 7.82. The minimum absolute atomic E-state index is 0. The van der Waals surface area contributed by atoms with Crippen LogP contribution < -0.4 is 0 Å². The summed E-state index contributed by atoms with van der Waals surface area (Å²) in [4.78, 5) is 0. The molecule has 0 bridgehead atoms. The average Bonchev–Trinajstić information content (AvgIpc) is 1.90. The second-order valence-electron chi connectivity index (χ2n) is 2.84. The van der Waals surface area contributed by atoms with Crippen LogP contribution in [0, 0.1) is 0 Å². The van der Waals surface area contributed by atoms with E-state index in [0.717, 1.165) is 0 Å². The van der Waals surface area contributed by atoms with E-state index in [4.69, 9.17) is 0 Å². The van der Waals surface area contributed by atoms with E-state index in [-0.39, 0.29) is 42.1 Å². The van der Waals surface area contributed by atoms with Crippen molar-refractivity contribution in [3.8, 4) is 0 Å². The fraction of sp³-hybridized carbons (Fsp3) is 1.00. The number of rotatable bonds is 6. The van der Waals surface area contributed by atoms with E-state index in [0.29, 0.717) is 7.92 Å². The predicted octanol–water partition coefficient (Wildman–Crippen LogP) is 3.69. The molecule has 0 fully saturated rings. The van der Waals surface area contributed by atoms with Crippen LogP contribution in [0.25, 0.3) is 0 Å². The smallest absolute Gasteiger partial charge is 0.107 e. The summed E-state index contributed by atoms with van der Waals surface area (Å²) in [6.45, 7) is 6.92. The monoisotopic (exact) mass is 550 g/mol. The first-order valence-electron chi connectivity index (χ1n) is 4.57. The minimum Gasteiger partial charge on any atom is -0.107 e. The van der Waals surface area contributed by atoms with Crippen molar-refractivity contribution in [1.29, 1.82) is 0 Å². The Bertz CT molecular complexity index is 55.3. The van der Waals surface area contributed by atoms with Crippen LogP contribution in [-0.4, -0.2) is 18.5 Å². The first kappa shape index (κ1) is 19.4. The Kier molecular flexibility index (Phi) is 24.7. The Balaban J connectivity index is -0.000000405. The molecule has 0 rings (SSSR count). The molecule has 3 heteroatoms. The zero-order valence-corrected chi connectivity index (χ0v) is 13.8. The second kappa shape index (κ2) is 15.3. The zero-order valence-electron chi connectivity index (χ0n) is 8.32. The van der Waals surface area contributed by atoms with Crippen molar-refractivity contribution in [2.45, 2.75) is 40.0 Å².